The zero-order valence-electron chi connectivity index (χ0n) is 5.52. The smallest absolute Gasteiger partial charge is 0.0605 e. The van der Waals surface area contributed by atoms with Crippen molar-refractivity contribution in [2.75, 3.05) is 0 Å². The molecule has 0 aliphatic rings. The second-order valence-electron chi connectivity index (χ2n) is 1.99. The van der Waals surface area contributed by atoms with Crippen molar-refractivity contribution in [1.82, 2.24) is 0 Å². The summed E-state index contributed by atoms with van der Waals surface area (Å²) in [6, 6.07) is 8.08. The molecule has 0 radical (unpaired) electrons. The van der Waals surface area contributed by atoms with Gasteiger partial charge in [0.1, 0.15) is 0 Å². The molecule has 0 atom stereocenters. The number of hydrogen-bond donors (Lipinski definition) is 0. The maximum Gasteiger partial charge on any atom is 0.0610 e. The van der Waals surface area contributed by atoms with Crippen LogP contribution in [0.5, 0.6) is 0 Å². The lowest BCUT2D eigenvalue weighted by Gasteiger charge is -1.93. The van der Waals surface area contributed by atoms with Gasteiger partial charge in [0.15, 0.2) is 0 Å². The van der Waals surface area contributed by atoms with Crippen LogP contribution in [0.4, 0.5) is 0 Å². The number of benzene rings is 1. The number of hydrogen-bond acceptors (Lipinski definition) is 0. The van der Waals surface area contributed by atoms with Gasteiger partial charge in [-0.15, -0.1) is 0 Å². The SMILES string of the molecule is BrC(Br)=Cc1cccc(Br)c1. The zero-order chi connectivity index (χ0) is 8.27. The monoisotopic (exact) mass is 338 g/mol. The van der Waals surface area contributed by atoms with Crippen molar-refractivity contribution >= 4 is 53.9 Å². The van der Waals surface area contributed by atoms with Gasteiger partial charge in [-0.3, -0.25) is 0 Å². The Morgan fingerprint density at radius 1 is 1.27 bits per heavy atom. The van der Waals surface area contributed by atoms with E-state index in [2.05, 4.69) is 47.8 Å². The van der Waals surface area contributed by atoms with Crippen LogP contribution in [0.25, 0.3) is 6.08 Å². The Kier molecular flexibility index (Phi) is 3.82. The van der Waals surface area contributed by atoms with Crippen molar-refractivity contribution in [2.45, 2.75) is 0 Å². The van der Waals surface area contributed by atoms with Crippen LogP contribution >= 0.6 is 47.8 Å². The highest BCUT2D eigenvalue weighted by atomic mass is 79.9. The molecule has 0 fully saturated rings. The van der Waals surface area contributed by atoms with Crippen LogP contribution < -0.4 is 0 Å². The van der Waals surface area contributed by atoms with Crippen molar-refractivity contribution < 1.29 is 0 Å². The summed E-state index contributed by atoms with van der Waals surface area (Å²) in [5.41, 5.74) is 1.16. The van der Waals surface area contributed by atoms with E-state index in [0.29, 0.717) is 0 Å². The van der Waals surface area contributed by atoms with Crippen molar-refractivity contribution in [3.63, 3.8) is 0 Å². The first-order valence-electron chi connectivity index (χ1n) is 2.97. The predicted octanol–water partition coefficient (Wildman–Crippen LogP) is 4.54. The minimum absolute atomic E-state index is 0.947. The molecule has 11 heavy (non-hydrogen) atoms. The largest absolute Gasteiger partial charge is 0.0610 e. The van der Waals surface area contributed by atoms with Gasteiger partial charge in [-0.05, 0) is 55.6 Å². The zero-order valence-corrected chi connectivity index (χ0v) is 10.3. The molecule has 0 nitrogen and oxygen atoms in total. The summed E-state index contributed by atoms with van der Waals surface area (Å²) in [4.78, 5) is 0. The maximum absolute atomic E-state index is 3.39. The van der Waals surface area contributed by atoms with E-state index in [-0.39, 0.29) is 0 Å². The maximum atomic E-state index is 3.39. The topological polar surface area (TPSA) is 0 Å². The fraction of sp³-hybridized carbons (Fsp3) is 0. The van der Waals surface area contributed by atoms with Crippen molar-refractivity contribution in [3.8, 4) is 0 Å². The summed E-state index contributed by atoms with van der Waals surface area (Å²) in [5.74, 6) is 0. The van der Waals surface area contributed by atoms with Gasteiger partial charge >= 0.3 is 0 Å². The lowest BCUT2D eigenvalue weighted by Crippen LogP contribution is -1.70. The molecule has 0 spiro atoms. The summed E-state index contributed by atoms with van der Waals surface area (Å²) in [6.07, 6.45) is 1.99. The highest BCUT2D eigenvalue weighted by Crippen LogP contribution is 2.20. The van der Waals surface area contributed by atoms with Gasteiger partial charge in [0.05, 0.1) is 3.39 Å². The first kappa shape index (κ1) is 9.49. The van der Waals surface area contributed by atoms with Gasteiger partial charge in [-0.2, -0.15) is 0 Å². The lowest BCUT2D eigenvalue weighted by atomic mass is 10.2. The van der Waals surface area contributed by atoms with E-state index in [1.165, 1.54) is 0 Å². The van der Waals surface area contributed by atoms with Gasteiger partial charge in [-0.25, -0.2) is 0 Å². The summed E-state index contributed by atoms with van der Waals surface area (Å²) in [6.45, 7) is 0. The molecule has 0 heterocycles. The van der Waals surface area contributed by atoms with Crippen LogP contribution in [0.3, 0.4) is 0 Å². The molecule has 58 valence electrons. The first-order valence-corrected chi connectivity index (χ1v) is 5.34. The minimum Gasteiger partial charge on any atom is -0.0605 e. The molecule has 0 saturated heterocycles. The number of rotatable bonds is 1. The molecule has 0 aromatic heterocycles. The van der Waals surface area contributed by atoms with Gasteiger partial charge in [0.2, 0.25) is 0 Å². The van der Waals surface area contributed by atoms with Gasteiger partial charge < -0.3 is 0 Å². The Hall–Kier alpha value is 0.400. The second kappa shape index (κ2) is 4.43. The van der Waals surface area contributed by atoms with Crippen molar-refractivity contribution in [1.29, 1.82) is 0 Å². The normalized spacial score (nSPS) is 9.36. The van der Waals surface area contributed by atoms with Gasteiger partial charge in [-0.1, -0.05) is 28.1 Å². The van der Waals surface area contributed by atoms with E-state index >= 15 is 0 Å². The molecule has 3 heteroatoms. The molecule has 1 aromatic carbocycles. The summed E-state index contributed by atoms with van der Waals surface area (Å²) in [5, 5.41) is 0. The molecule has 0 aliphatic carbocycles. The van der Waals surface area contributed by atoms with E-state index in [1.807, 2.05) is 30.3 Å². The van der Waals surface area contributed by atoms with E-state index in [1.54, 1.807) is 0 Å². The molecule has 1 aromatic rings. The first-order chi connectivity index (χ1) is 5.18. The molecular formula is C8H5Br3. The fourth-order valence-electron chi connectivity index (χ4n) is 0.722. The molecule has 0 aliphatic heterocycles. The third kappa shape index (κ3) is 3.54. The summed E-state index contributed by atoms with van der Waals surface area (Å²) >= 11 is 9.99. The lowest BCUT2D eigenvalue weighted by molar-refractivity contribution is 1.61. The summed E-state index contributed by atoms with van der Waals surface area (Å²) in [7, 11) is 0. The molecule has 1 rings (SSSR count). The van der Waals surface area contributed by atoms with Crippen molar-refractivity contribution in [2.24, 2.45) is 0 Å². The van der Waals surface area contributed by atoms with Crippen LogP contribution in [0.2, 0.25) is 0 Å². The Labute approximate surface area is 91.1 Å². The van der Waals surface area contributed by atoms with E-state index in [9.17, 15) is 0 Å². The molecule has 0 unspecified atom stereocenters. The Morgan fingerprint density at radius 2 is 2.00 bits per heavy atom. The van der Waals surface area contributed by atoms with Crippen LogP contribution in [-0.2, 0) is 0 Å². The van der Waals surface area contributed by atoms with Crippen LogP contribution in [0.1, 0.15) is 5.56 Å². The quantitative estimate of drug-likeness (QED) is 0.704. The highest BCUT2D eigenvalue weighted by Gasteiger charge is 1.89. The Bertz CT molecular complexity index is 274. The summed E-state index contributed by atoms with van der Waals surface area (Å²) < 4.78 is 2.04. The fourth-order valence-corrected chi connectivity index (χ4v) is 1.67. The van der Waals surface area contributed by atoms with Gasteiger partial charge in [0.25, 0.3) is 0 Å². The van der Waals surface area contributed by atoms with Crippen molar-refractivity contribution in [3.05, 3.63) is 37.7 Å². The Morgan fingerprint density at radius 3 is 2.55 bits per heavy atom. The van der Waals surface area contributed by atoms with Gasteiger partial charge in [0, 0.05) is 4.47 Å². The molecule has 0 amide bonds. The van der Waals surface area contributed by atoms with E-state index in [0.717, 1.165) is 13.4 Å². The standard InChI is InChI=1S/C8H5Br3/c9-7-3-1-2-6(4-7)5-8(10)11/h1-5H. The minimum atomic E-state index is 0.947. The molecule has 0 N–H and O–H groups in total. The third-order valence-electron chi connectivity index (χ3n) is 1.12. The van der Waals surface area contributed by atoms with E-state index < -0.39 is 0 Å². The Balaban J connectivity index is 2.97. The third-order valence-corrected chi connectivity index (χ3v) is 2.08. The van der Waals surface area contributed by atoms with Crippen LogP contribution in [0, 0.1) is 0 Å². The second-order valence-corrected chi connectivity index (χ2v) is 5.68. The van der Waals surface area contributed by atoms with E-state index in [4.69, 9.17) is 0 Å². The molecular weight excluding hydrogens is 336 g/mol. The molecule has 0 bridgehead atoms. The number of halogens is 3. The predicted molar refractivity (Wildman–Crippen MR) is 60.0 cm³/mol. The van der Waals surface area contributed by atoms with Crippen LogP contribution in [0.15, 0.2) is 32.1 Å². The average molecular weight is 341 g/mol. The van der Waals surface area contributed by atoms with Crippen LogP contribution in [-0.4, -0.2) is 0 Å². The molecule has 0 saturated carbocycles. The highest BCUT2D eigenvalue weighted by molar-refractivity contribution is 9.28. The average Bonchev–Trinajstić information content (AvgIpc) is 1.85.